The highest BCUT2D eigenvalue weighted by molar-refractivity contribution is 7.99. The first-order chi connectivity index (χ1) is 13.0. The lowest BCUT2D eigenvalue weighted by Gasteiger charge is -2.25. The van der Waals surface area contributed by atoms with Crippen molar-refractivity contribution in [1.82, 2.24) is 19.7 Å². The summed E-state index contributed by atoms with van der Waals surface area (Å²) < 4.78 is 15.1. The fourth-order valence-corrected chi connectivity index (χ4v) is 4.17. The summed E-state index contributed by atoms with van der Waals surface area (Å²) in [5, 5.41) is 10.9. The van der Waals surface area contributed by atoms with Crippen molar-refractivity contribution in [2.24, 2.45) is 0 Å². The lowest BCUT2D eigenvalue weighted by molar-refractivity contribution is -0.128. The van der Waals surface area contributed by atoms with Crippen LogP contribution in [-0.2, 0) is 17.8 Å². The minimum absolute atomic E-state index is 0.00960. The van der Waals surface area contributed by atoms with E-state index in [-0.39, 0.29) is 23.5 Å². The number of hydrogen-bond acceptors (Lipinski definition) is 5. The van der Waals surface area contributed by atoms with Crippen LogP contribution >= 0.6 is 23.1 Å². The summed E-state index contributed by atoms with van der Waals surface area (Å²) >= 11 is 3.11. The number of thioether (sulfide) groups is 1. The summed E-state index contributed by atoms with van der Waals surface area (Å²) in [5.41, 5.74) is 0.899. The monoisotopic (exact) mass is 404 g/mol. The zero-order valence-corrected chi connectivity index (χ0v) is 16.8. The molecule has 1 unspecified atom stereocenters. The Kier molecular flexibility index (Phi) is 6.63. The molecule has 2 heterocycles. The number of aromatic nitrogens is 3. The Morgan fingerprint density at radius 1 is 1.33 bits per heavy atom. The predicted octanol–water partition coefficient (Wildman–Crippen LogP) is 4.03. The van der Waals surface area contributed by atoms with Crippen molar-refractivity contribution in [2.75, 3.05) is 12.8 Å². The molecule has 27 heavy (non-hydrogen) atoms. The van der Waals surface area contributed by atoms with Crippen LogP contribution in [0.3, 0.4) is 0 Å². The highest BCUT2D eigenvalue weighted by atomic mass is 32.2. The van der Waals surface area contributed by atoms with Gasteiger partial charge in [-0.15, -0.1) is 21.5 Å². The maximum atomic E-state index is 13.1. The summed E-state index contributed by atoms with van der Waals surface area (Å²) in [4.78, 5) is 15.5. The van der Waals surface area contributed by atoms with Gasteiger partial charge in [0.25, 0.3) is 0 Å². The molecule has 0 aliphatic carbocycles. The molecule has 1 atom stereocenters. The molecule has 8 heteroatoms. The molecule has 0 N–H and O–H groups in total. The van der Waals surface area contributed by atoms with E-state index in [4.69, 9.17) is 0 Å². The Morgan fingerprint density at radius 2 is 2.11 bits per heavy atom. The number of carbonyl (C=O) groups excluding carboxylic acids is 1. The zero-order chi connectivity index (χ0) is 19.2. The molecule has 0 radical (unpaired) electrons. The van der Waals surface area contributed by atoms with E-state index in [9.17, 15) is 9.18 Å². The number of hydrogen-bond donors (Lipinski definition) is 0. The maximum Gasteiger partial charge on any atom is 0.233 e. The molecule has 0 saturated heterocycles. The van der Waals surface area contributed by atoms with E-state index in [0.29, 0.717) is 0 Å². The maximum absolute atomic E-state index is 13.1. The van der Waals surface area contributed by atoms with Gasteiger partial charge in [-0.3, -0.25) is 4.79 Å². The van der Waals surface area contributed by atoms with Crippen LogP contribution in [0.25, 0.3) is 0 Å². The molecule has 1 aromatic carbocycles. The Morgan fingerprint density at radius 3 is 2.81 bits per heavy atom. The summed E-state index contributed by atoms with van der Waals surface area (Å²) in [6.07, 6.45) is 2.62. The van der Waals surface area contributed by atoms with Crippen molar-refractivity contribution in [3.05, 3.63) is 64.4 Å². The second-order valence-electron chi connectivity index (χ2n) is 6.16. The topological polar surface area (TPSA) is 51.0 Å². The minimum Gasteiger partial charge on any atom is -0.338 e. The quantitative estimate of drug-likeness (QED) is 0.532. The smallest absolute Gasteiger partial charge is 0.233 e. The number of rotatable bonds is 8. The van der Waals surface area contributed by atoms with E-state index in [0.717, 1.165) is 23.7 Å². The Hall–Kier alpha value is -2.19. The van der Waals surface area contributed by atoms with E-state index >= 15 is 0 Å². The first-order valence-electron chi connectivity index (χ1n) is 8.58. The normalized spacial score (nSPS) is 12.1. The number of thiophene rings is 1. The van der Waals surface area contributed by atoms with Gasteiger partial charge in [0, 0.05) is 18.5 Å². The van der Waals surface area contributed by atoms with Crippen molar-refractivity contribution in [3.8, 4) is 0 Å². The first-order valence-corrected chi connectivity index (χ1v) is 10.4. The van der Waals surface area contributed by atoms with E-state index in [2.05, 4.69) is 21.6 Å². The molecular formula is C19H21FN4OS2. The number of benzene rings is 1. The average Bonchev–Trinajstić information content (AvgIpc) is 3.35. The van der Waals surface area contributed by atoms with E-state index < -0.39 is 0 Å². The highest BCUT2D eigenvalue weighted by Gasteiger charge is 2.18. The number of aryl methyl sites for hydroxylation is 2. The Labute approximate surface area is 166 Å². The second kappa shape index (κ2) is 9.14. The van der Waals surface area contributed by atoms with Crippen LogP contribution in [0.4, 0.5) is 4.39 Å². The molecule has 0 fully saturated rings. The van der Waals surface area contributed by atoms with Gasteiger partial charge in [-0.1, -0.05) is 30.0 Å². The number of carbonyl (C=O) groups is 1. The predicted molar refractivity (Wildman–Crippen MR) is 106 cm³/mol. The molecule has 0 aliphatic rings. The third kappa shape index (κ3) is 5.17. The molecule has 3 rings (SSSR count). The molecule has 0 aliphatic heterocycles. The number of halogens is 1. The van der Waals surface area contributed by atoms with Crippen LogP contribution in [0.1, 0.15) is 23.4 Å². The van der Waals surface area contributed by atoms with E-state index in [1.807, 2.05) is 17.6 Å². The summed E-state index contributed by atoms with van der Waals surface area (Å²) in [5.74, 6) is -0.0123. The number of nitrogens with zero attached hydrogens (tertiary/aromatic N) is 4. The van der Waals surface area contributed by atoms with Crippen molar-refractivity contribution in [1.29, 1.82) is 0 Å². The lowest BCUT2D eigenvalue weighted by Crippen LogP contribution is -2.31. The molecule has 0 saturated carbocycles. The minimum atomic E-state index is -0.280. The molecule has 5 nitrogen and oxygen atoms in total. The van der Waals surface area contributed by atoms with Crippen LogP contribution in [0, 0.1) is 5.82 Å². The molecule has 142 valence electrons. The summed E-state index contributed by atoms with van der Waals surface area (Å²) in [6.45, 7) is 2.71. The van der Waals surface area contributed by atoms with Crippen LogP contribution < -0.4 is 0 Å². The number of amides is 1. The Bertz CT molecular complexity index is 864. The van der Waals surface area contributed by atoms with Gasteiger partial charge < -0.3 is 9.47 Å². The molecule has 0 spiro atoms. The molecule has 0 bridgehead atoms. The van der Waals surface area contributed by atoms with Crippen molar-refractivity contribution in [2.45, 2.75) is 31.1 Å². The van der Waals surface area contributed by atoms with Gasteiger partial charge in [-0.25, -0.2) is 4.39 Å². The fourth-order valence-electron chi connectivity index (χ4n) is 2.60. The molecule has 3 aromatic rings. The van der Waals surface area contributed by atoms with Crippen molar-refractivity contribution in [3.63, 3.8) is 0 Å². The van der Waals surface area contributed by atoms with Gasteiger partial charge in [0.2, 0.25) is 5.91 Å². The van der Waals surface area contributed by atoms with Gasteiger partial charge >= 0.3 is 0 Å². The van der Waals surface area contributed by atoms with Crippen LogP contribution in [0.2, 0.25) is 0 Å². The summed E-state index contributed by atoms with van der Waals surface area (Å²) in [6, 6.07) is 10.3. The van der Waals surface area contributed by atoms with Gasteiger partial charge in [0.1, 0.15) is 12.1 Å². The van der Waals surface area contributed by atoms with Crippen LogP contribution in [0.5, 0.6) is 0 Å². The Balaban J connectivity index is 1.54. The van der Waals surface area contributed by atoms with Crippen LogP contribution in [0.15, 0.2) is 53.3 Å². The lowest BCUT2D eigenvalue weighted by atomic mass is 10.1. The third-order valence-electron chi connectivity index (χ3n) is 4.41. The first kappa shape index (κ1) is 19.6. The van der Waals surface area contributed by atoms with Gasteiger partial charge in [0.15, 0.2) is 5.16 Å². The third-order valence-corrected chi connectivity index (χ3v) is 6.31. The highest BCUT2D eigenvalue weighted by Crippen LogP contribution is 2.22. The van der Waals surface area contributed by atoms with Gasteiger partial charge in [0.05, 0.1) is 11.8 Å². The fraction of sp³-hybridized carbons (Fsp3) is 0.316. The largest absolute Gasteiger partial charge is 0.338 e. The van der Waals surface area contributed by atoms with Crippen LogP contribution in [-0.4, -0.2) is 38.4 Å². The SMILES string of the molecule is CC(c1ccc(F)cc1)N(C)C(=O)CSc1nncn1CCc1cccs1. The molecule has 1 amide bonds. The van der Waals surface area contributed by atoms with Gasteiger partial charge in [-0.05, 0) is 42.5 Å². The summed E-state index contributed by atoms with van der Waals surface area (Å²) in [7, 11) is 1.76. The average molecular weight is 405 g/mol. The second-order valence-corrected chi connectivity index (χ2v) is 8.13. The van der Waals surface area contributed by atoms with Crippen molar-refractivity contribution >= 4 is 29.0 Å². The molecular weight excluding hydrogens is 383 g/mol. The molecule has 2 aromatic heterocycles. The zero-order valence-electron chi connectivity index (χ0n) is 15.2. The van der Waals surface area contributed by atoms with E-state index in [1.54, 1.807) is 41.7 Å². The van der Waals surface area contributed by atoms with E-state index in [1.165, 1.54) is 28.8 Å². The van der Waals surface area contributed by atoms with Gasteiger partial charge in [-0.2, -0.15) is 0 Å². The standard InChI is InChI=1S/C19H21FN4OS2/c1-14(15-5-7-16(20)8-6-15)23(2)18(25)12-27-19-22-21-13-24(19)10-9-17-4-3-11-26-17/h3-8,11,13-14H,9-10,12H2,1-2H3. The van der Waals surface area contributed by atoms with Crippen molar-refractivity contribution < 1.29 is 9.18 Å².